The van der Waals surface area contributed by atoms with Gasteiger partial charge in [0, 0.05) is 13.1 Å². The van der Waals surface area contributed by atoms with Crippen LogP contribution in [0.3, 0.4) is 0 Å². The predicted molar refractivity (Wildman–Crippen MR) is 92.3 cm³/mol. The highest BCUT2D eigenvalue weighted by atomic mass is 19.4. The largest absolute Gasteiger partial charge is 0.452 e. The predicted octanol–water partition coefficient (Wildman–Crippen LogP) is 4.47. The number of hydrogen-bond acceptors (Lipinski definition) is 3. The fourth-order valence-corrected chi connectivity index (χ4v) is 3.08. The van der Waals surface area contributed by atoms with Crippen molar-refractivity contribution in [2.24, 2.45) is 0 Å². The smallest absolute Gasteiger partial charge is 0.416 e. The van der Waals surface area contributed by atoms with E-state index < -0.39 is 47.5 Å². The Bertz CT molecular complexity index is 935. The van der Waals surface area contributed by atoms with Gasteiger partial charge in [-0.05, 0) is 35.7 Å². The molecule has 0 fully saturated rings. The normalized spacial score (nSPS) is 14.3. The molecule has 1 heterocycles. The summed E-state index contributed by atoms with van der Waals surface area (Å²) >= 11 is 0. The van der Waals surface area contributed by atoms with E-state index in [0.29, 0.717) is 13.0 Å². The second-order valence-electron chi connectivity index (χ2n) is 6.70. The van der Waals surface area contributed by atoms with Gasteiger partial charge >= 0.3 is 18.3 Å². The second kappa shape index (κ2) is 8.00. The molecule has 10 heteroatoms. The molecule has 0 aromatic heterocycles. The Morgan fingerprint density at radius 2 is 1.47 bits per heavy atom. The van der Waals surface area contributed by atoms with Gasteiger partial charge in [0.25, 0.3) is 5.91 Å². The molecule has 0 saturated heterocycles. The number of esters is 1. The van der Waals surface area contributed by atoms with Gasteiger partial charge in [0.15, 0.2) is 6.61 Å². The summed E-state index contributed by atoms with van der Waals surface area (Å²) in [6, 6.07) is 7.86. The van der Waals surface area contributed by atoms with Gasteiger partial charge in [-0.25, -0.2) is 4.79 Å². The molecule has 0 radical (unpaired) electrons. The first-order chi connectivity index (χ1) is 13.9. The average molecular weight is 431 g/mol. The first-order valence-corrected chi connectivity index (χ1v) is 8.76. The van der Waals surface area contributed by atoms with Gasteiger partial charge in [0.1, 0.15) is 0 Å². The summed E-state index contributed by atoms with van der Waals surface area (Å²) in [6.07, 6.45) is -9.60. The van der Waals surface area contributed by atoms with E-state index in [1.54, 1.807) is 6.07 Å². The van der Waals surface area contributed by atoms with Gasteiger partial charge in [-0.15, -0.1) is 0 Å². The number of fused-ring (bicyclic) bond motifs is 1. The minimum atomic E-state index is -5.09. The molecule has 0 saturated carbocycles. The van der Waals surface area contributed by atoms with Gasteiger partial charge in [0.05, 0.1) is 16.7 Å². The van der Waals surface area contributed by atoms with E-state index in [-0.39, 0.29) is 24.7 Å². The van der Waals surface area contributed by atoms with Gasteiger partial charge < -0.3 is 9.64 Å². The van der Waals surface area contributed by atoms with Crippen molar-refractivity contribution >= 4 is 11.9 Å². The number of alkyl halides is 6. The van der Waals surface area contributed by atoms with Crippen LogP contribution in [0.4, 0.5) is 26.3 Å². The molecule has 1 aliphatic heterocycles. The molecular weight excluding hydrogens is 416 g/mol. The molecule has 0 atom stereocenters. The van der Waals surface area contributed by atoms with Crippen molar-refractivity contribution in [3.63, 3.8) is 0 Å². The first-order valence-electron chi connectivity index (χ1n) is 8.76. The molecule has 0 N–H and O–H groups in total. The van der Waals surface area contributed by atoms with Crippen LogP contribution in [-0.2, 0) is 34.8 Å². The fraction of sp³-hybridized carbons (Fsp3) is 0.300. The first kappa shape index (κ1) is 21.7. The van der Waals surface area contributed by atoms with E-state index in [1.807, 2.05) is 18.2 Å². The summed E-state index contributed by atoms with van der Waals surface area (Å²) in [6.45, 7) is -0.165. The van der Waals surface area contributed by atoms with Crippen LogP contribution in [0.2, 0.25) is 0 Å². The van der Waals surface area contributed by atoms with Crippen molar-refractivity contribution < 1.29 is 40.7 Å². The van der Waals surface area contributed by atoms with Crippen molar-refractivity contribution in [2.75, 3.05) is 13.2 Å². The molecule has 0 aliphatic carbocycles. The number of hydrogen-bond donors (Lipinski definition) is 0. The number of carbonyl (C=O) groups is 2. The molecule has 2 aromatic rings. The van der Waals surface area contributed by atoms with Crippen molar-refractivity contribution in [1.82, 2.24) is 4.90 Å². The van der Waals surface area contributed by atoms with Crippen LogP contribution < -0.4 is 0 Å². The van der Waals surface area contributed by atoms with Gasteiger partial charge in [-0.3, -0.25) is 4.79 Å². The highest BCUT2D eigenvalue weighted by Gasteiger charge is 2.37. The molecule has 4 nitrogen and oxygen atoms in total. The third-order valence-corrected chi connectivity index (χ3v) is 4.63. The number of carbonyl (C=O) groups excluding carboxylic acids is 2. The molecular formula is C20H15F6NO3. The lowest BCUT2D eigenvalue weighted by Crippen LogP contribution is -2.38. The molecule has 0 spiro atoms. The van der Waals surface area contributed by atoms with Crippen LogP contribution in [0.15, 0.2) is 42.5 Å². The Balaban J connectivity index is 1.71. The Morgan fingerprint density at radius 1 is 0.900 bits per heavy atom. The quantitative estimate of drug-likeness (QED) is 0.533. The van der Waals surface area contributed by atoms with Crippen LogP contribution in [0.5, 0.6) is 0 Å². The maximum Gasteiger partial charge on any atom is 0.416 e. The summed E-state index contributed by atoms with van der Waals surface area (Å²) in [5.41, 5.74) is -2.22. The molecule has 1 aliphatic rings. The number of benzene rings is 2. The van der Waals surface area contributed by atoms with Crippen molar-refractivity contribution in [1.29, 1.82) is 0 Å². The Morgan fingerprint density at radius 3 is 2.03 bits per heavy atom. The second-order valence-corrected chi connectivity index (χ2v) is 6.70. The van der Waals surface area contributed by atoms with E-state index in [0.717, 1.165) is 11.1 Å². The number of halogens is 6. The lowest BCUT2D eigenvalue weighted by molar-refractivity contribution is -0.143. The van der Waals surface area contributed by atoms with Crippen molar-refractivity contribution in [3.05, 3.63) is 70.3 Å². The van der Waals surface area contributed by atoms with E-state index in [4.69, 9.17) is 4.74 Å². The Labute approximate surface area is 167 Å². The van der Waals surface area contributed by atoms with Gasteiger partial charge in [-0.2, -0.15) is 26.3 Å². The zero-order chi connectivity index (χ0) is 22.1. The van der Waals surface area contributed by atoms with E-state index >= 15 is 0 Å². The van der Waals surface area contributed by atoms with Gasteiger partial charge in [0.2, 0.25) is 0 Å². The molecule has 160 valence electrons. The summed E-state index contributed by atoms with van der Waals surface area (Å²) in [4.78, 5) is 25.8. The minimum Gasteiger partial charge on any atom is -0.452 e. The maximum absolute atomic E-state index is 12.9. The Hall–Kier alpha value is -3.04. The third kappa shape index (κ3) is 4.92. The van der Waals surface area contributed by atoms with Crippen molar-refractivity contribution in [3.8, 4) is 0 Å². The average Bonchev–Trinajstić information content (AvgIpc) is 2.69. The minimum absolute atomic E-state index is 0.0902. The summed E-state index contributed by atoms with van der Waals surface area (Å²) < 4.78 is 82.1. The number of nitrogens with zero attached hydrogens (tertiary/aromatic N) is 1. The van der Waals surface area contributed by atoms with Crippen LogP contribution in [0, 0.1) is 0 Å². The molecule has 3 rings (SSSR count). The zero-order valence-electron chi connectivity index (χ0n) is 15.3. The maximum atomic E-state index is 12.9. The molecule has 2 aromatic carbocycles. The van der Waals surface area contributed by atoms with Crippen LogP contribution in [0.25, 0.3) is 0 Å². The Kier molecular flexibility index (Phi) is 5.78. The molecule has 0 bridgehead atoms. The van der Waals surface area contributed by atoms with Crippen molar-refractivity contribution in [2.45, 2.75) is 25.3 Å². The SMILES string of the molecule is O=C(OCC(=O)N1CCc2ccccc2C1)c1cc(C(F)(F)F)cc(C(F)(F)F)c1. The zero-order valence-corrected chi connectivity index (χ0v) is 15.3. The van der Waals surface area contributed by atoms with Gasteiger partial charge in [-0.1, -0.05) is 24.3 Å². The fourth-order valence-electron chi connectivity index (χ4n) is 3.08. The van der Waals surface area contributed by atoms with E-state index in [9.17, 15) is 35.9 Å². The van der Waals surface area contributed by atoms with Crippen LogP contribution in [-0.4, -0.2) is 29.9 Å². The molecule has 0 unspecified atom stereocenters. The van der Waals surface area contributed by atoms with Crippen LogP contribution >= 0.6 is 0 Å². The molecule has 1 amide bonds. The monoisotopic (exact) mass is 431 g/mol. The number of ether oxygens (including phenoxy) is 1. The third-order valence-electron chi connectivity index (χ3n) is 4.63. The highest BCUT2D eigenvalue weighted by molar-refractivity contribution is 5.91. The standard InChI is InChI=1S/C20H15F6NO3/c21-19(22,23)15-7-14(8-16(9-15)20(24,25)26)18(29)30-11-17(28)27-6-5-12-3-1-2-4-13(12)10-27/h1-4,7-9H,5-6,10-11H2. The number of rotatable bonds is 3. The lowest BCUT2D eigenvalue weighted by atomic mass is 10.00. The van der Waals surface area contributed by atoms with E-state index in [2.05, 4.69) is 0 Å². The summed E-state index contributed by atoms with van der Waals surface area (Å²) in [5.74, 6) is -2.04. The lowest BCUT2D eigenvalue weighted by Gasteiger charge is -2.28. The number of amides is 1. The molecule has 30 heavy (non-hydrogen) atoms. The van der Waals surface area contributed by atoms with Crippen LogP contribution in [0.1, 0.15) is 32.6 Å². The summed E-state index contributed by atoms with van der Waals surface area (Å²) in [5, 5.41) is 0. The highest BCUT2D eigenvalue weighted by Crippen LogP contribution is 2.36. The van der Waals surface area contributed by atoms with E-state index in [1.165, 1.54) is 4.90 Å². The summed E-state index contributed by atoms with van der Waals surface area (Å²) in [7, 11) is 0. The topological polar surface area (TPSA) is 46.6 Å².